The molecule has 0 aliphatic carbocycles. The van der Waals surface area contributed by atoms with E-state index in [1.165, 1.54) is 24.1 Å². The van der Waals surface area contributed by atoms with Gasteiger partial charge in [-0.05, 0) is 42.5 Å². The van der Waals surface area contributed by atoms with Gasteiger partial charge in [0.25, 0.3) is 5.91 Å². The van der Waals surface area contributed by atoms with Crippen LogP contribution in [0.5, 0.6) is 5.75 Å². The predicted octanol–water partition coefficient (Wildman–Crippen LogP) is 5.97. The van der Waals surface area contributed by atoms with Gasteiger partial charge in [-0.25, -0.2) is 4.98 Å². The highest BCUT2D eigenvalue weighted by atomic mass is 35.5. The van der Waals surface area contributed by atoms with Crippen molar-refractivity contribution in [2.45, 2.75) is 6.92 Å². The van der Waals surface area contributed by atoms with Crippen LogP contribution in [0.25, 0.3) is 10.8 Å². The molecule has 0 saturated carbocycles. The Hall–Kier alpha value is -3.74. The summed E-state index contributed by atoms with van der Waals surface area (Å²) in [5.41, 5.74) is 1.62. The van der Waals surface area contributed by atoms with Crippen molar-refractivity contribution in [3.63, 3.8) is 0 Å². The molecule has 1 aromatic heterocycles. The summed E-state index contributed by atoms with van der Waals surface area (Å²) in [4.78, 5) is 43.1. The number of ether oxygens (including phenoxy) is 1. The summed E-state index contributed by atoms with van der Waals surface area (Å²) in [7, 11) is 1.63. The summed E-state index contributed by atoms with van der Waals surface area (Å²) >= 11 is 12.0. The molecule has 0 aliphatic rings. The van der Waals surface area contributed by atoms with E-state index in [2.05, 4.69) is 4.98 Å². The Bertz CT molecular complexity index is 1430. The summed E-state index contributed by atoms with van der Waals surface area (Å²) in [5.74, 6) is -0.749. The van der Waals surface area contributed by atoms with Gasteiger partial charge in [0.15, 0.2) is 5.75 Å². The van der Waals surface area contributed by atoms with E-state index in [0.717, 1.165) is 0 Å². The fourth-order valence-corrected chi connectivity index (χ4v) is 3.80. The lowest BCUT2D eigenvalue weighted by molar-refractivity contribution is -0.131. The van der Waals surface area contributed by atoms with E-state index in [4.69, 9.17) is 27.9 Å². The van der Waals surface area contributed by atoms with Gasteiger partial charge in [0, 0.05) is 41.6 Å². The Morgan fingerprint density at radius 1 is 0.853 bits per heavy atom. The molecule has 34 heavy (non-hydrogen) atoms. The SMILES string of the molecule is CC(=O)Oc1cnc(C(=O)c2ccc(N(C)C(=O)c3ccc(Cl)c(Cl)c3)cc2)c2ccccc12. The zero-order valence-electron chi connectivity index (χ0n) is 18.2. The van der Waals surface area contributed by atoms with E-state index >= 15 is 0 Å². The van der Waals surface area contributed by atoms with Crippen LogP contribution in [0.3, 0.4) is 0 Å². The smallest absolute Gasteiger partial charge is 0.308 e. The number of ketones is 1. The molecule has 0 fully saturated rings. The summed E-state index contributed by atoms with van der Waals surface area (Å²) in [6, 6.07) is 18.4. The van der Waals surface area contributed by atoms with Gasteiger partial charge >= 0.3 is 5.97 Å². The highest BCUT2D eigenvalue weighted by Gasteiger charge is 2.19. The highest BCUT2D eigenvalue weighted by Crippen LogP contribution is 2.29. The second-order valence-electron chi connectivity index (χ2n) is 7.48. The predicted molar refractivity (Wildman–Crippen MR) is 132 cm³/mol. The summed E-state index contributed by atoms with van der Waals surface area (Å²) in [6.07, 6.45) is 1.37. The minimum Gasteiger partial charge on any atom is -0.424 e. The molecule has 0 N–H and O–H groups in total. The lowest BCUT2D eigenvalue weighted by Crippen LogP contribution is -2.26. The monoisotopic (exact) mass is 492 g/mol. The number of carbonyl (C=O) groups excluding carboxylic acids is 3. The second kappa shape index (κ2) is 9.63. The van der Waals surface area contributed by atoms with Crippen molar-refractivity contribution < 1.29 is 19.1 Å². The number of hydrogen-bond acceptors (Lipinski definition) is 5. The third kappa shape index (κ3) is 4.64. The third-order valence-electron chi connectivity index (χ3n) is 5.22. The van der Waals surface area contributed by atoms with Gasteiger partial charge in [0.05, 0.1) is 16.2 Å². The fourth-order valence-electron chi connectivity index (χ4n) is 3.50. The molecule has 0 aliphatic heterocycles. The van der Waals surface area contributed by atoms with Crippen LogP contribution in [-0.2, 0) is 4.79 Å². The maximum atomic E-state index is 13.2. The minimum atomic E-state index is -0.471. The quantitative estimate of drug-likeness (QED) is 0.253. The van der Waals surface area contributed by atoms with E-state index < -0.39 is 5.97 Å². The molecule has 1 amide bonds. The van der Waals surface area contributed by atoms with Crippen molar-refractivity contribution in [1.29, 1.82) is 0 Å². The van der Waals surface area contributed by atoms with Crippen molar-refractivity contribution in [3.05, 3.63) is 99.8 Å². The van der Waals surface area contributed by atoms with Crippen LogP contribution >= 0.6 is 23.2 Å². The van der Waals surface area contributed by atoms with Crippen LogP contribution in [0.2, 0.25) is 10.0 Å². The summed E-state index contributed by atoms with van der Waals surface area (Å²) in [6.45, 7) is 1.30. The minimum absolute atomic E-state index is 0.236. The lowest BCUT2D eigenvalue weighted by atomic mass is 10.0. The Morgan fingerprint density at radius 2 is 1.50 bits per heavy atom. The first-order valence-electron chi connectivity index (χ1n) is 10.2. The number of nitrogens with zero attached hydrogens (tertiary/aromatic N) is 2. The zero-order valence-corrected chi connectivity index (χ0v) is 19.7. The number of halogens is 2. The molecule has 0 spiro atoms. The number of carbonyl (C=O) groups is 3. The molecular weight excluding hydrogens is 475 g/mol. The molecule has 0 saturated heterocycles. The number of anilines is 1. The number of benzene rings is 3. The number of hydrogen-bond donors (Lipinski definition) is 0. The topological polar surface area (TPSA) is 76.6 Å². The third-order valence-corrected chi connectivity index (χ3v) is 5.95. The first kappa shape index (κ1) is 23.4. The first-order valence-corrected chi connectivity index (χ1v) is 11.0. The number of amides is 1. The van der Waals surface area contributed by atoms with E-state index in [1.54, 1.807) is 67.7 Å². The van der Waals surface area contributed by atoms with E-state index in [0.29, 0.717) is 37.6 Å². The van der Waals surface area contributed by atoms with Gasteiger partial charge in [-0.1, -0.05) is 47.5 Å². The fraction of sp³-hybridized carbons (Fsp3) is 0.0769. The summed E-state index contributed by atoms with van der Waals surface area (Å²) < 4.78 is 5.22. The Balaban J connectivity index is 1.61. The van der Waals surface area contributed by atoms with Gasteiger partial charge in [0.1, 0.15) is 5.69 Å². The van der Waals surface area contributed by atoms with Gasteiger partial charge in [0.2, 0.25) is 5.78 Å². The molecule has 0 unspecified atom stereocenters. The molecule has 8 heteroatoms. The van der Waals surface area contributed by atoms with Crippen LogP contribution in [0.1, 0.15) is 33.3 Å². The number of rotatable bonds is 5. The number of pyridine rings is 1. The van der Waals surface area contributed by atoms with Gasteiger partial charge in [-0.15, -0.1) is 0 Å². The van der Waals surface area contributed by atoms with Crippen LogP contribution in [0.15, 0.2) is 72.9 Å². The van der Waals surface area contributed by atoms with Crippen molar-refractivity contribution in [3.8, 4) is 5.75 Å². The maximum Gasteiger partial charge on any atom is 0.308 e. The second-order valence-corrected chi connectivity index (χ2v) is 8.29. The normalized spacial score (nSPS) is 10.7. The maximum absolute atomic E-state index is 13.2. The molecule has 3 aromatic carbocycles. The van der Waals surface area contributed by atoms with Crippen molar-refractivity contribution in [1.82, 2.24) is 4.98 Å². The molecule has 4 aromatic rings. The molecule has 1 heterocycles. The van der Waals surface area contributed by atoms with Crippen LogP contribution in [0.4, 0.5) is 5.69 Å². The standard InChI is InChI=1S/C26H18Cl2N2O4/c1-15(31)34-23-14-29-24(20-6-4-3-5-19(20)23)25(32)16-7-10-18(11-8-16)30(2)26(33)17-9-12-21(27)22(28)13-17/h3-14H,1-2H3. The van der Waals surface area contributed by atoms with Crippen LogP contribution < -0.4 is 9.64 Å². The average molecular weight is 493 g/mol. The molecular formula is C26H18Cl2N2O4. The molecule has 0 bridgehead atoms. The van der Waals surface area contributed by atoms with E-state index in [1.807, 2.05) is 0 Å². The number of esters is 1. The molecule has 4 rings (SSSR count). The van der Waals surface area contributed by atoms with Crippen molar-refractivity contribution in [2.75, 3.05) is 11.9 Å². The van der Waals surface area contributed by atoms with Gasteiger partial charge in [-0.2, -0.15) is 0 Å². The lowest BCUT2D eigenvalue weighted by Gasteiger charge is -2.18. The van der Waals surface area contributed by atoms with Crippen molar-refractivity contribution in [2.24, 2.45) is 0 Å². The van der Waals surface area contributed by atoms with Crippen LogP contribution in [-0.4, -0.2) is 29.7 Å². The Morgan fingerprint density at radius 3 is 2.15 bits per heavy atom. The van der Waals surface area contributed by atoms with Crippen LogP contribution in [0, 0.1) is 0 Å². The summed E-state index contributed by atoms with van der Waals surface area (Å²) in [5, 5.41) is 1.84. The number of fused-ring (bicyclic) bond motifs is 1. The van der Waals surface area contributed by atoms with Gasteiger partial charge < -0.3 is 9.64 Å². The average Bonchev–Trinajstić information content (AvgIpc) is 2.84. The Kier molecular flexibility index (Phi) is 6.63. The molecule has 0 radical (unpaired) electrons. The number of aromatic nitrogens is 1. The molecule has 0 atom stereocenters. The van der Waals surface area contributed by atoms with E-state index in [-0.39, 0.29) is 23.1 Å². The largest absolute Gasteiger partial charge is 0.424 e. The first-order chi connectivity index (χ1) is 16.3. The van der Waals surface area contributed by atoms with Crippen molar-refractivity contribution >= 4 is 57.3 Å². The molecule has 170 valence electrons. The molecule has 6 nitrogen and oxygen atoms in total. The van der Waals surface area contributed by atoms with Gasteiger partial charge in [-0.3, -0.25) is 14.4 Å². The highest BCUT2D eigenvalue weighted by molar-refractivity contribution is 6.42. The Labute approximate surface area is 205 Å². The van der Waals surface area contributed by atoms with E-state index in [9.17, 15) is 14.4 Å². The zero-order chi connectivity index (χ0) is 24.4.